The Morgan fingerprint density at radius 1 is 1.03 bits per heavy atom. The van der Waals surface area contributed by atoms with Crippen LogP contribution in [0.2, 0.25) is 0 Å². The average Bonchev–Trinajstić information content (AvgIpc) is 3.16. The highest BCUT2D eigenvalue weighted by Gasteiger charge is 2.33. The van der Waals surface area contributed by atoms with Crippen LogP contribution < -0.4 is 11.2 Å². The van der Waals surface area contributed by atoms with Crippen molar-refractivity contribution in [1.82, 2.24) is 19.1 Å². The van der Waals surface area contributed by atoms with Crippen LogP contribution >= 0.6 is 0 Å². The minimum atomic E-state index is -4.60. The third kappa shape index (κ3) is 3.14. The van der Waals surface area contributed by atoms with Gasteiger partial charge in [0.05, 0.1) is 24.1 Å². The molecule has 0 aliphatic rings. The number of hydrogen-bond acceptors (Lipinski definition) is 3. The highest BCUT2D eigenvalue weighted by atomic mass is 19.4. The number of alkyl halides is 3. The van der Waals surface area contributed by atoms with Crippen molar-refractivity contribution in [2.75, 3.05) is 0 Å². The smallest absolute Gasteiger partial charge is 0.339 e. The molecule has 9 heteroatoms. The summed E-state index contributed by atoms with van der Waals surface area (Å²) in [4.78, 5) is 32.8. The summed E-state index contributed by atoms with van der Waals surface area (Å²) in [5.74, 6) is 0. The minimum Gasteiger partial charge on any atom is -0.339 e. The first-order valence-electron chi connectivity index (χ1n) is 8.69. The molecule has 2 heterocycles. The Kier molecular flexibility index (Phi) is 4.37. The van der Waals surface area contributed by atoms with E-state index in [4.69, 9.17) is 0 Å². The number of halogens is 3. The van der Waals surface area contributed by atoms with Gasteiger partial charge in [-0.15, -0.1) is 0 Å². The number of rotatable bonds is 3. The first-order valence-corrected chi connectivity index (χ1v) is 8.69. The van der Waals surface area contributed by atoms with Gasteiger partial charge in [-0.3, -0.25) is 9.36 Å². The molecule has 2 aromatic heterocycles. The van der Waals surface area contributed by atoms with Crippen LogP contribution in [0.15, 0.2) is 64.4 Å². The van der Waals surface area contributed by atoms with E-state index in [9.17, 15) is 22.8 Å². The zero-order chi connectivity index (χ0) is 20.8. The number of fused-ring (bicyclic) bond motifs is 1. The molecule has 0 amide bonds. The number of hydrogen-bond donors (Lipinski definition) is 1. The molecule has 0 saturated carbocycles. The van der Waals surface area contributed by atoms with Crippen molar-refractivity contribution in [2.45, 2.75) is 19.6 Å². The summed E-state index contributed by atoms with van der Waals surface area (Å²) < 4.78 is 42.1. The van der Waals surface area contributed by atoms with Crippen molar-refractivity contribution >= 4 is 11.2 Å². The average molecular weight is 400 g/mol. The van der Waals surface area contributed by atoms with Crippen molar-refractivity contribution in [1.29, 1.82) is 0 Å². The third-order valence-electron chi connectivity index (χ3n) is 4.72. The van der Waals surface area contributed by atoms with Gasteiger partial charge < -0.3 is 4.98 Å². The summed E-state index contributed by atoms with van der Waals surface area (Å²) in [6, 6.07) is 11.9. The fourth-order valence-electron chi connectivity index (χ4n) is 3.32. The summed E-state index contributed by atoms with van der Waals surface area (Å²) in [6.45, 7) is 1.27. The summed E-state index contributed by atoms with van der Waals surface area (Å²) in [5, 5.41) is 0. The summed E-state index contributed by atoms with van der Waals surface area (Å²) in [7, 11) is 0. The monoisotopic (exact) mass is 400 g/mol. The number of aromatic nitrogens is 4. The van der Waals surface area contributed by atoms with E-state index in [1.807, 2.05) is 0 Å². The number of para-hydroxylation sites is 1. The largest absolute Gasteiger partial charge is 0.416 e. The first kappa shape index (κ1) is 18.7. The molecule has 2 aromatic carbocycles. The number of benzene rings is 2. The highest BCUT2D eigenvalue weighted by molar-refractivity contribution is 5.71. The lowest BCUT2D eigenvalue weighted by molar-refractivity contribution is -0.138. The van der Waals surface area contributed by atoms with Gasteiger partial charge in [0.2, 0.25) is 0 Å². The zero-order valence-corrected chi connectivity index (χ0v) is 15.2. The molecule has 0 aliphatic heterocycles. The van der Waals surface area contributed by atoms with Gasteiger partial charge in [-0.25, -0.2) is 14.3 Å². The predicted molar refractivity (Wildman–Crippen MR) is 101 cm³/mol. The maximum atomic E-state index is 13.4. The lowest BCUT2D eigenvalue weighted by atomic mass is 10.1. The molecule has 0 atom stereocenters. The lowest BCUT2D eigenvalue weighted by Crippen LogP contribution is -2.40. The van der Waals surface area contributed by atoms with E-state index in [-0.39, 0.29) is 16.7 Å². The van der Waals surface area contributed by atoms with Gasteiger partial charge in [0.15, 0.2) is 5.65 Å². The Morgan fingerprint density at radius 2 is 1.72 bits per heavy atom. The molecule has 6 nitrogen and oxygen atoms in total. The van der Waals surface area contributed by atoms with Crippen LogP contribution in [0.1, 0.15) is 16.7 Å². The number of nitrogens with one attached hydrogen (secondary N) is 1. The maximum absolute atomic E-state index is 13.4. The van der Waals surface area contributed by atoms with E-state index in [0.29, 0.717) is 5.69 Å². The number of aromatic amines is 1. The molecule has 0 bridgehead atoms. The number of aryl methyl sites for hydroxylation is 1. The van der Waals surface area contributed by atoms with Crippen LogP contribution in [-0.4, -0.2) is 19.1 Å². The van der Waals surface area contributed by atoms with E-state index >= 15 is 0 Å². The Morgan fingerprint density at radius 3 is 2.45 bits per heavy atom. The molecule has 148 valence electrons. The van der Waals surface area contributed by atoms with Gasteiger partial charge in [-0.05, 0) is 30.2 Å². The minimum absolute atomic E-state index is 0.0392. The molecule has 1 N–H and O–H groups in total. The van der Waals surface area contributed by atoms with E-state index in [0.717, 1.165) is 16.2 Å². The molecule has 29 heavy (non-hydrogen) atoms. The van der Waals surface area contributed by atoms with Crippen LogP contribution in [0.5, 0.6) is 0 Å². The number of nitrogens with zero attached hydrogens (tertiary/aromatic N) is 3. The van der Waals surface area contributed by atoms with Gasteiger partial charge in [-0.1, -0.05) is 36.4 Å². The lowest BCUT2D eigenvalue weighted by Gasteiger charge is -2.16. The predicted octanol–water partition coefficient (Wildman–Crippen LogP) is 3.25. The maximum Gasteiger partial charge on any atom is 0.416 e. The van der Waals surface area contributed by atoms with Crippen LogP contribution in [0.3, 0.4) is 0 Å². The molecule has 0 saturated heterocycles. The van der Waals surface area contributed by atoms with Crippen molar-refractivity contribution in [3.8, 4) is 5.69 Å². The summed E-state index contributed by atoms with van der Waals surface area (Å²) in [6.07, 6.45) is -3.33. The molecule has 0 fully saturated rings. The fraction of sp³-hybridized carbons (Fsp3) is 0.150. The summed E-state index contributed by atoms with van der Waals surface area (Å²) >= 11 is 0. The molecule has 0 unspecified atom stereocenters. The molecular weight excluding hydrogens is 385 g/mol. The fourth-order valence-corrected chi connectivity index (χ4v) is 3.32. The van der Waals surface area contributed by atoms with Crippen molar-refractivity contribution in [3.63, 3.8) is 0 Å². The van der Waals surface area contributed by atoms with Gasteiger partial charge in [0, 0.05) is 0 Å². The Labute approximate surface area is 161 Å². The van der Waals surface area contributed by atoms with Crippen LogP contribution in [0.25, 0.3) is 16.9 Å². The van der Waals surface area contributed by atoms with Crippen LogP contribution in [-0.2, 0) is 12.7 Å². The van der Waals surface area contributed by atoms with Gasteiger partial charge in [-0.2, -0.15) is 13.2 Å². The van der Waals surface area contributed by atoms with E-state index in [1.54, 1.807) is 31.2 Å². The Bertz CT molecular complexity index is 1330. The summed E-state index contributed by atoms with van der Waals surface area (Å²) in [5.41, 5.74) is -1.16. The Balaban J connectivity index is 2.00. The number of H-pyrrole nitrogens is 1. The Hall–Kier alpha value is -3.62. The van der Waals surface area contributed by atoms with Gasteiger partial charge in [0.25, 0.3) is 5.56 Å². The van der Waals surface area contributed by atoms with Gasteiger partial charge in [0.1, 0.15) is 5.52 Å². The van der Waals surface area contributed by atoms with Crippen LogP contribution in [0.4, 0.5) is 13.2 Å². The second-order valence-corrected chi connectivity index (χ2v) is 6.55. The third-order valence-corrected chi connectivity index (χ3v) is 4.72. The molecule has 4 rings (SSSR count). The zero-order valence-electron chi connectivity index (χ0n) is 15.2. The van der Waals surface area contributed by atoms with Crippen molar-refractivity contribution in [2.24, 2.45) is 0 Å². The van der Waals surface area contributed by atoms with Gasteiger partial charge >= 0.3 is 11.9 Å². The SMILES string of the molecule is Cc1ccccc1-n1c(=O)n(Cc2ccccc2C(F)(F)F)c(=O)c2[nH]cnc21. The molecule has 0 radical (unpaired) electrons. The standard InChI is InChI=1S/C20H15F3N4O2/c1-12-6-2-5-9-15(12)27-17-16(24-11-25-17)18(28)26(19(27)29)10-13-7-3-4-8-14(13)20(21,22)23/h2-9,11H,10H2,1H3,(H,24,25). The second-order valence-electron chi connectivity index (χ2n) is 6.55. The van der Waals surface area contributed by atoms with Crippen LogP contribution in [0, 0.1) is 6.92 Å². The van der Waals surface area contributed by atoms with Crippen molar-refractivity contribution < 1.29 is 13.2 Å². The second kappa shape index (κ2) is 6.77. The van der Waals surface area contributed by atoms with E-state index in [1.165, 1.54) is 29.1 Å². The molecular formula is C20H15F3N4O2. The molecule has 0 aliphatic carbocycles. The van der Waals surface area contributed by atoms with E-state index in [2.05, 4.69) is 9.97 Å². The van der Waals surface area contributed by atoms with E-state index < -0.39 is 29.5 Å². The molecule has 0 spiro atoms. The van der Waals surface area contributed by atoms with Crippen molar-refractivity contribution in [3.05, 3.63) is 92.4 Å². The highest BCUT2D eigenvalue weighted by Crippen LogP contribution is 2.32. The normalized spacial score (nSPS) is 11.9. The quantitative estimate of drug-likeness (QED) is 0.574. The number of imidazole rings is 1. The first-order chi connectivity index (χ1) is 13.8. The topological polar surface area (TPSA) is 72.7 Å². The molecule has 4 aromatic rings.